The minimum Gasteiger partial charge on any atom is -0.482 e. The average molecular weight is 347 g/mol. The molecule has 0 fully saturated rings. The van der Waals surface area contributed by atoms with Crippen molar-refractivity contribution >= 4 is 23.2 Å². The molecule has 2 aromatic rings. The molecule has 3 rings (SSSR count). The van der Waals surface area contributed by atoms with Gasteiger partial charge in [-0.1, -0.05) is 35.9 Å². The zero-order chi connectivity index (χ0) is 17.1. The van der Waals surface area contributed by atoms with Crippen LogP contribution in [0.25, 0.3) is 0 Å². The topological polar surface area (TPSA) is 72.7 Å². The summed E-state index contributed by atoms with van der Waals surface area (Å²) < 4.78 is 5.43. The Kier molecular flexibility index (Phi) is 4.66. The molecule has 0 spiro atoms. The number of carbonyl (C=O) groups excluding carboxylic acids is 1. The van der Waals surface area contributed by atoms with Crippen molar-refractivity contribution in [1.82, 2.24) is 4.90 Å². The first kappa shape index (κ1) is 16.3. The molecule has 1 heterocycles. The summed E-state index contributed by atoms with van der Waals surface area (Å²) in [6, 6.07) is 11.9. The molecule has 24 heavy (non-hydrogen) atoms. The maximum Gasteiger partial charge on any atom is 0.271 e. The minimum atomic E-state index is -0.536. The van der Waals surface area contributed by atoms with Crippen molar-refractivity contribution in [2.24, 2.45) is 0 Å². The lowest BCUT2D eigenvalue weighted by Gasteiger charge is -2.28. The fraction of sp³-hybridized carbons (Fsp3) is 0.235. The van der Waals surface area contributed by atoms with Crippen molar-refractivity contribution in [3.8, 4) is 5.75 Å². The molecule has 0 saturated carbocycles. The normalized spacial score (nSPS) is 13.3. The van der Waals surface area contributed by atoms with Crippen molar-refractivity contribution in [2.45, 2.75) is 13.0 Å². The van der Waals surface area contributed by atoms with Crippen LogP contribution >= 0.6 is 11.6 Å². The number of carbonyl (C=O) groups is 1. The van der Waals surface area contributed by atoms with E-state index < -0.39 is 4.92 Å². The highest BCUT2D eigenvalue weighted by atomic mass is 35.5. The number of fused-ring (bicyclic) bond motifs is 1. The number of ether oxygens (including phenoxy) is 1. The molecule has 124 valence electrons. The molecule has 0 N–H and O–H groups in total. The fourth-order valence-corrected chi connectivity index (χ4v) is 2.89. The highest BCUT2D eigenvalue weighted by Crippen LogP contribution is 2.28. The van der Waals surface area contributed by atoms with Crippen LogP contribution in [0.3, 0.4) is 0 Å². The summed E-state index contributed by atoms with van der Waals surface area (Å²) in [4.78, 5) is 24.2. The lowest BCUT2D eigenvalue weighted by molar-refractivity contribution is -0.384. The molecular weight excluding hydrogens is 332 g/mol. The van der Waals surface area contributed by atoms with E-state index in [4.69, 9.17) is 16.3 Å². The highest BCUT2D eigenvalue weighted by molar-refractivity contribution is 6.32. The van der Waals surface area contributed by atoms with Crippen LogP contribution in [0.15, 0.2) is 42.5 Å². The number of nitro groups is 1. The van der Waals surface area contributed by atoms with E-state index in [-0.39, 0.29) is 29.0 Å². The van der Waals surface area contributed by atoms with Gasteiger partial charge in [0.15, 0.2) is 6.61 Å². The molecule has 1 aliphatic heterocycles. The largest absolute Gasteiger partial charge is 0.482 e. The van der Waals surface area contributed by atoms with Gasteiger partial charge in [0.1, 0.15) is 5.75 Å². The van der Waals surface area contributed by atoms with Gasteiger partial charge in [-0.05, 0) is 23.6 Å². The van der Waals surface area contributed by atoms with Gasteiger partial charge in [0.05, 0.1) is 9.95 Å². The van der Waals surface area contributed by atoms with Gasteiger partial charge in [-0.2, -0.15) is 0 Å². The summed E-state index contributed by atoms with van der Waals surface area (Å²) in [7, 11) is 0. The van der Waals surface area contributed by atoms with Crippen molar-refractivity contribution in [3.63, 3.8) is 0 Å². The molecule has 2 aromatic carbocycles. The Morgan fingerprint density at radius 1 is 1.25 bits per heavy atom. The summed E-state index contributed by atoms with van der Waals surface area (Å²) in [5.74, 6) is 0.118. The summed E-state index contributed by atoms with van der Waals surface area (Å²) in [6.07, 6.45) is 0.820. The number of hydrogen-bond donors (Lipinski definition) is 0. The Hall–Kier alpha value is -2.60. The van der Waals surface area contributed by atoms with Crippen LogP contribution in [0.1, 0.15) is 11.1 Å². The molecule has 0 saturated heterocycles. The summed E-state index contributed by atoms with van der Waals surface area (Å²) in [5.41, 5.74) is 2.29. The number of non-ortho nitro benzene ring substituents is 1. The van der Waals surface area contributed by atoms with E-state index in [0.29, 0.717) is 13.1 Å². The number of rotatable bonds is 4. The summed E-state index contributed by atoms with van der Waals surface area (Å²) in [6.45, 7) is 1.05. The Balaban J connectivity index is 1.61. The predicted octanol–water partition coefficient (Wildman–Crippen LogP) is 3.21. The first-order valence-electron chi connectivity index (χ1n) is 7.46. The van der Waals surface area contributed by atoms with E-state index in [9.17, 15) is 14.9 Å². The van der Waals surface area contributed by atoms with Gasteiger partial charge in [0.25, 0.3) is 11.6 Å². The number of benzene rings is 2. The van der Waals surface area contributed by atoms with E-state index in [0.717, 1.165) is 12.0 Å². The van der Waals surface area contributed by atoms with Gasteiger partial charge in [-0.3, -0.25) is 14.9 Å². The van der Waals surface area contributed by atoms with Gasteiger partial charge in [-0.25, -0.2) is 0 Å². The van der Waals surface area contributed by atoms with Gasteiger partial charge >= 0.3 is 0 Å². The molecule has 0 radical (unpaired) electrons. The molecule has 7 heteroatoms. The van der Waals surface area contributed by atoms with Crippen molar-refractivity contribution in [2.75, 3.05) is 13.2 Å². The third kappa shape index (κ3) is 3.49. The van der Waals surface area contributed by atoms with E-state index in [1.54, 1.807) is 4.90 Å². The maximum atomic E-state index is 12.3. The third-order valence-electron chi connectivity index (χ3n) is 3.96. The Morgan fingerprint density at radius 2 is 2.00 bits per heavy atom. The number of nitro benzene ring substituents is 1. The lowest BCUT2D eigenvalue weighted by Crippen LogP contribution is -2.38. The van der Waals surface area contributed by atoms with E-state index in [1.165, 1.54) is 23.8 Å². The molecule has 0 atom stereocenters. The molecular formula is C17H15ClN2O4. The zero-order valence-electron chi connectivity index (χ0n) is 12.8. The second-order valence-electron chi connectivity index (χ2n) is 5.49. The SMILES string of the molecule is O=C(COc1ccc([N+](=O)[O-])cc1Cl)N1CCc2ccccc2C1. The molecule has 0 aliphatic carbocycles. The minimum absolute atomic E-state index is 0.112. The molecule has 0 bridgehead atoms. The van der Waals surface area contributed by atoms with E-state index in [1.807, 2.05) is 18.2 Å². The molecule has 1 amide bonds. The third-order valence-corrected chi connectivity index (χ3v) is 4.26. The second kappa shape index (κ2) is 6.88. The standard InChI is InChI=1S/C17H15ClN2O4/c18-15-9-14(20(22)23)5-6-16(15)24-11-17(21)19-8-7-12-3-1-2-4-13(12)10-19/h1-6,9H,7-8,10-11H2. The van der Waals surface area contributed by atoms with Crippen LogP contribution in [-0.4, -0.2) is 28.9 Å². The number of halogens is 1. The number of nitrogens with zero attached hydrogens (tertiary/aromatic N) is 2. The van der Waals surface area contributed by atoms with Gasteiger partial charge in [-0.15, -0.1) is 0 Å². The predicted molar refractivity (Wildman–Crippen MR) is 89.2 cm³/mol. The smallest absolute Gasteiger partial charge is 0.271 e. The molecule has 0 aromatic heterocycles. The molecule has 1 aliphatic rings. The van der Waals surface area contributed by atoms with Crippen molar-refractivity contribution < 1.29 is 14.5 Å². The van der Waals surface area contributed by atoms with Crippen LogP contribution in [-0.2, 0) is 17.8 Å². The fourth-order valence-electron chi connectivity index (χ4n) is 2.66. The van der Waals surface area contributed by atoms with Gasteiger partial charge in [0.2, 0.25) is 0 Å². The Labute approximate surface area is 143 Å². The Bertz CT molecular complexity index is 794. The maximum absolute atomic E-state index is 12.3. The van der Waals surface area contributed by atoms with Crippen LogP contribution in [0.4, 0.5) is 5.69 Å². The Morgan fingerprint density at radius 3 is 2.71 bits per heavy atom. The van der Waals surface area contributed by atoms with E-state index >= 15 is 0 Å². The monoisotopic (exact) mass is 346 g/mol. The quantitative estimate of drug-likeness (QED) is 0.629. The van der Waals surface area contributed by atoms with Crippen LogP contribution in [0.5, 0.6) is 5.75 Å². The van der Waals surface area contributed by atoms with Crippen LogP contribution < -0.4 is 4.74 Å². The highest BCUT2D eigenvalue weighted by Gasteiger charge is 2.21. The molecule has 0 unspecified atom stereocenters. The first-order chi connectivity index (χ1) is 11.5. The average Bonchev–Trinajstić information content (AvgIpc) is 2.59. The van der Waals surface area contributed by atoms with Crippen LogP contribution in [0.2, 0.25) is 5.02 Å². The number of amides is 1. The second-order valence-corrected chi connectivity index (χ2v) is 5.90. The van der Waals surface area contributed by atoms with Gasteiger partial charge < -0.3 is 9.64 Å². The van der Waals surface area contributed by atoms with Crippen LogP contribution in [0, 0.1) is 10.1 Å². The summed E-state index contributed by atoms with van der Waals surface area (Å²) >= 11 is 5.96. The van der Waals surface area contributed by atoms with Crippen molar-refractivity contribution in [1.29, 1.82) is 0 Å². The first-order valence-corrected chi connectivity index (χ1v) is 7.83. The van der Waals surface area contributed by atoms with Gasteiger partial charge in [0, 0.05) is 25.2 Å². The summed E-state index contributed by atoms with van der Waals surface area (Å²) in [5, 5.41) is 10.8. The van der Waals surface area contributed by atoms with E-state index in [2.05, 4.69) is 6.07 Å². The van der Waals surface area contributed by atoms with Crippen molar-refractivity contribution in [3.05, 3.63) is 68.7 Å². The number of hydrogen-bond acceptors (Lipinski definition) is 4. The zero-order valence-corrected chi connectivity index (χ0v) is 13.5. The molecule has 6 nitrogen and oxygen atoms in total. The lowest BCUT2D eigenvalue weighted by atomic mass is 10.00.